The molecule has 0 amide bonds. The van der Waals surface area contributed by atoms with Crippen LogP contribution in [-0.4, -0.2) is 37.8 Å². The maximum Gasteiger partial charge on any atom is 0.331 e. The Morgan fingerprint density at radius 2 is 2.22 bits per heavy atom. The minimum Gasteiger partial charge on any atom is -0.480 e. The van der Waals surface area contributed by atoms with Crippen LogP contribution in [0.15, 0.2) is 23.0 Å². The van der Waals surface area contributed by atoms with Crippen LogP contribution in [0.5, 0.6) is 0 Å². The Balaban J connectivity index is 2.71. The van der Waals surface area contributed by atoms with Gasteiger partial charge in [-0.15, -0.1) is 5.10 Å². The fraction of sp³-hybridized carbons (Fsp3) is 0.200. The summed E-state index contributed by atoms with van der Waals surface area (Å²) in [6.07, 6.45) is 0. The molecule has 8 heteroatoms. The van der Waals surface area contributed by atoms with Gasteiger partial charge in [0.25, 0.3) is 5.56 Å². The van der Waals surface area contributed by atoms with Gasteiger partial charge in [-0.05, 0) is 18.2 Å². The maximum atomic E-state index is 12.0. The molecule has 1 heterocycles. The predicted molar refractivity (Wildman–Crippen MR) is 62.6 cm³/mol. The first-order chi connectivity index (χ1) is 8.54. The summed E-state index contributed by atoms with van der Waals surface area (Å²) in [4.78, 5) is 22.9. The lowest BCUT2D eigenvalue weighted by Gasteiger charge is -2.10. The molecule has 0 bridgehead atoms. The third-order valence-electron chi connectivity index (χ3n) is 2.40. The average Bonchev–Trinajstić information content (AvgIpc) is 2.33. The smallest absolute Gasteiger partial charge is 0.331 e. The van der Waals surface area contributed by atoms with Crippen molar-refractivity contribution in [3.63, 3.8) is 0 Å². The maximum absolute atomic E-state index is 12.0. The number of aromatic nitrogens is 3. The number of rotatable bonds is 3. The number of hydrogen-bond donors (Lipinski definition) is 2. The number of fused-ring (bicyclic) bond motifs is 1. The van der Waals surface area contributed by atoms with E-state index in [1.807, 2.05) is 0 Å². The normalized spacial score (nSPS) is 12.6. The summed E-state index contributed by atoms with van der Waals surface area (Å²) in [5.41, 5.74) is -0.355. The molecule has 2 N–H and O–H groups in total. The Kier molecular flexibility index (Phi) is 3.26. The summed E-state index contributed by atoms with van der Waals surface area (Å²) in [6, 6.07) is 2.96. The van der Waals surface area contributed by atoms with Crippen molar-refractivity contribution in [3.05, 3.63) is 33.6 Å². The zero-order chi connectivity index (χ0) is 13.3. The van der Waals surface area contributed by atoms with E-state index in [-0.39, 0.29) is 5.39 Å². The monoisotopic (exact) mass is 269 g/mol. The molecule has 2 aromatic rings. The molecule has 1 unspecified atom stereocenters. The lowest BCUT2D eigenvalue weighted by molar-refractivity contribution is -0.142. The lowest BCUT2D eigenvalue weighted by Crippen LogP contribution is -2.34. The van der Waals surface area contributed by atoms with Gasteiger partial charge in [-0.2, -0.15) is 4.68 Å². The summed E-state index contributed by atoms with van der Waals surface area (Å²) < 4.78 is 0.626. The fourth-order valence-corrected chi connectivity index (χ4v) is 1.66. The number of halogens is 1. The number of carbonyl (C=O) groups is 1. The molecule has 0 aliphatic carbocycles. The first kappa shape index (κ1) is 12.5. The van der Waals surface area contributed by atoms with Gasteiger partial charge in [-0.1, -0.05) is 16.8 Å². The lowest BCUT2D eigenvalue weighted by atomic mass is 10.2. The summed E-state index contributed by atoms with van der Waals surface area (Å²) >= 11 is 5.76. The Morgan fingerprint density at radius 3 is 2.83 bits per heavy atom. The topological polar surface area (TPSA) is 105 Å². The summed E-state index contributed by atoms with van der Waals surface area (Å²) in [5, 5.41) is 25.5. The number of benzene rings is 1. The van der Waals surface area contributed by atoms with Crippen molar-refractivity contribution in [2.24, 2.45) is 0 Å². The highest BCUT2D eigenvalue weighted by molar-refractivity contribution is 6.31. The number of aliphatic hydroxyl groups excluding tert-OH is 1. The average molecular weight is 270 g/mol. The van der Waals surface area contributed by atoms with Gasteiger partial charge in [0, 0.05) is 5.02 Å². The molecule has 1 aromatic heterocycles. The molecule has 0 fully saturated rings. The van der Waals surface area contributed by atoms with E-state index in [0.29, 0.717) is 15.2 Å². The molecule has 1 atom stereocenters. The van der Waals surface area contributed by atoms with E-state index in [0.717, 1.165) is 0 Å². The molecule has 18 heavy (non-hydrogen) atoms. The van der Waals surface area contributed by atoms with Crippen molar-refractivity contribution in [1.82, 2.24) is 15.0 Å². The van der Waals surface area contributed by atoms with Crippen LogP contribution >= 0.6 is 11.6 Å². The Labute approximate surface area is 105 Å². The van der Waals surface area contributed by atoms with Gasteiger partial charge in [0.2, 0.25) is 0 Å². The highest BCUT2D eigenvalue weighted by atomic mass is 35.5. The summed E-state index contributed by atoms with van der Waals surface area (Å²) in [6.45, 7) is -0.754. The Bertz CT molecular complexity index is 670. The van der Waals surface area contributed by atoms with Crippen molar-refractivity contribution in [1.29, 1.82) is 0 Å². The Morgan fingerprint density at radius 1 is 1.50 bits per heavy atom. The van der Waals surface area contributed by atoms with Crippen LogP contribution in [0, 0.1) is 0 Å². The zero-order valence-corrected chi connectivity index (χ0v) is 9.70. The van der Waals surface area contributed by atoms with Crippen LogP contribution in [0.1, 0.15) is 6.04 Å². The van der Waals surface area contributed by atoms with Crippen molar-refractivity contribution in [3.8, 4) is 0 Å². The molecule has 94 valence electrons. The van der Waals surface area contributed by atoms with Gasteiger partial charge in [0.15, 0.2) is 6.04 Å². The molecule has 2 rings (SSSR count). The van der Waals surface area contributed by atoms with E-state index < -0.39 is 24.2 Å². The number of nitrogens with zero attached hydrogens (tertiary/aromatic N) is 3. The molecule has 0 aliphatic heterocycles. The van der Waals surface area contributed by atoms with Crippen LogP contribution in [0.3, 0.4) is 0 Å². The number of aliphatic carboxylic acids is 1. The molecule has 1 aromatic carbocycles. The van der Waals surface area contributed by atoms with Crippen molar-refractivity contribution >= 4 is 28.5 Å². The highest BCUT2D eigenvalue weighted by Gasteiger charge is 2.22. The van der Waals surface area contributed by atoms with Gasteiger partial charge in [-0.25, -0.2) is 4.79 Å². The zero-order valence-electron chi connectivity index (χ0n) is 8.95. The van der Waals surface area contributed by atoms with Crippen LogP contribution in [-0.2, 0) is 4.79 Å². The largest absolute Gasteiger partial charge is 0.480 e. The second-order valence-electron chi connectivity index (χ2n) is 3.54. The number of hydrogen-bond acceptors (Lipinski definition) is 5. The molecule has 0 radical (unpaired) electrons. The quantitative estimate of drug-likeness (QED) is 0.816. The summed E-state index contributed by atoms with van der Waals surface area (Å²) in [7, 11) is 0. The van der Waals surface area contributed by atoms with Crippen molar-refractivity contribution < 1.29 is 15.0 Å². The molecule has 0 spiro atoms. The molecule has 0 aliphatic rings. The van der Waals surface area contributed by atoms with Gasteiger partial charge >= 0.3 is 5.97 Å². The number of carboxylic acid groups (broad SMARTS) is 1. The first-order valence-corrected chi connectivity index (χ1v) is 5.31. The molecular formula is C10H8ClN3O4. The molecule has 0 saturated carbocycles. The van der Waals surface area contributed by atoms with Gasteiger partial charge in [0.1, 0.15) is 5.52 Å². The van der Waals surface area contributed by atoms with Crippen LogP contribution in [0.2, 0.25) is 5.02 Å². The van der Waals surface area contributed by atoms with Gasteiger partial charge < -0.3 is 10.2 Å². The third-order valence-corrected chi connectivity index (χ3v) is 2.63. The van der Waals surface area contributed by atoms with Crippen LogP contribution < -0.4 is 5.56 Å². The van der Waals surface area contributed by atoms with E-state index in [4.69, 9.17) is 21.8 Å². The summed E-state index contributed by atoms with van der Waals surface area (Å²) in [5.74, 6) is -1.37. The second-order valence-corrected chi connectivity index (χ2v) is 3.97. The van der Waals surface area contributed by atoms with E-state index in [1.165, 1.54) is 12.1 Å². The van der Waals surface area contributed by atoms with Crippen molar-refractivity contribution in [2.45, 2.75) is 6.04 Å². The van der Waals surface area contributed by atoms with E-state index >= 15 is 0 Å². The van der Waals surface area contributed by atoms with Crippen LogP contribution in [0.4, 0.5) is 0 Å². The Hall–Kier alpha value is -1.99. The van der Waals surface area contributed by atoms with E-state index in [9.17, 15) is 9.59 Å². The van der Waals surface area contributed by atoms with Crippen molar-refractivity contribution in [2.75, 3.05) is 6.61 Å². The standard InChI is InChI=1S/C10H8ClN3O4/c11-5-1-2-7-6(3-5)9(16)14(13-12-7)8(4-15)10(17)18/h1-3,8,15H,4H2,(H,17,18). The first-order valence-electron chi connectivity index (χ1n) is 4.93. The number of aliphatic hydroxyl groups is 1. The second kappa shape index (κ2) is 4.71. The molecule has 0 saturated heterocycles. The minimum atomic E-state index is -1.46. The van der Waals surface area contributed by atoms with Gasteiger partial charge in [-0.3, -0.25) is 4.79 Å². The van der Waals surface area contributed by atoms with Gasteiger partial charge in [0.05, 0.1) is 12.0 Å². The van der Waals surface area contributed by atoms with E-state index in [1.54, 1.807) is 6.07 Å². The van der Waals surface area contributed by atoms with E-state index in [2.05, 4.69) is 10.3 Å². The van der Waals surface area contributed by atoms with Crippen LogP contribution in [0.25, 0.3) is 10.9 Å². The SMILES string of the molecule is O=C(O)C(CO)n1nnc2ccc(Cl)cc2c1=O. The minimum absolute atomic E-state index is 0.150. The third kappa shape index (κ3) is 2.05. The number of carboxylic acids is 1. The molecular weight excluding hydrogens is 262 g/mol. The predicted octanol–water partition coefficient (Wildman–Crippen LogP) is 0.0629. The molecule has 7 nitrogen and oxygen atoms in total. The highest BCUT2D eigenvalue weighted by Crippen LogP contribution is 2.14. The fourth-order valence-electron chi connectivity index (χ4n) is 1.49.